The van der Waals surface area contributed by atoms with E-state index in [1.54, 1.807) is 4.90 Å². The van der Waals surface area contributed by atoms with Crippen LogP contribution in [0.5, 0.6) is 0 Å². The number of carboxylic acid groups (broad SMARTS) is 1. The van der Waals surface area contributed by atoms with Crippen LogP contribution in [0.4, 0.5) is 14.5 Å². The molecule has 0 unspecified atom stereocenters. The summed E-state index contributed by atoms with van der Waals surface area (Å²) in [4.78, 5) is 12.6. The van der Waals surface area contributed by atoms with E-state index in [9.17, 15) is 13.6 Å². The van der Waals surface area contributed by atoms with E-state index in [1.807, 2.05) is 13.8 Å². The highest BCUT2D eigenvalue weighted by molar-refractivity contribution is 5.94. The highest BCUT2D eigenvalue weighted by Gasteiger charge is 2.18. The van der Waals surface area contributed by atoms with Crippen LogP contribution in [0.2, 0.25) is 0 Å². The molecule has 0 saturated carbocycles. The zero-order valence-corrected chi connectivity index (χ0v) is 9.13. The summed E-state index contributed by atoms with van der Waals surface area (Å²) < 4.78 is 26.0. The quantitative estimate of drug-likeness (QED) is 0.862. The Bertz CT molecular complexity index is 403. The van der Waals surface area contributed by atoms with Crippen molar-refractivity contribution in [3.8, 4) is 0 Å². The lowest BCUT2D eigenvalue weighted by Gasteiger charge is -2.22. The summed E-state index contributed by atoms with van der Waals surface area (Å²) in [6, 6.07) is 1.64. The lowest BCUT2D eigenvalue weighted by Crippen LogP contribution is -2.24. The first-order valence-corrected chi connectivity index (χ1v) is 4.98. The Hall–Kier alpha value is -1.65. The predicted molar refractivity (Wildman–Crippen MR) is 56.9 cm³/mol. The van der Waals surface area contributed by atoms with Crippen molar-refractivity contribution in [2.24, 2.45) is 0 Å². The van der Waals surface area contributed by atoms with Gasteiger partial charge in [0, 0.05) is 19.2 Å². The molecule has 1 aromatic carbocycles. The molecule has 3 nitrogen and oxygen atoms in total. The Morgan fingerprint density at radius 1 is 1.25 bits per heavy atom. The van der Waals surface area contributed by atoms with Gasteiger partial charge in [-0.1, -0.05) is 0 Å². The fourth-order valence-electron chi connectivity index (χ4n) is 1.53. The van der Waals surface area contributed by atoms with Gasteiger partial charge in [0.05, 0.1) is 11.3 Å². The molecular weight excluding hydrogens is 216 g/mol. The van der Waals surface area contributed by atoms with E-state index < -0.39 is 17.6 Å². The molecule has 0 aliphatic carbocycles. The summed E-state index contributed by atoms with van der Waals surface area (Å²) in [5.74, 6) is -3.44. The molecule has 0 radical (unpaired) electrons. The van der Waals surface area contributed by atoms with Gasteiger partial charge in [-0.05, 0) is 19.9 Å². The molecule has 0 saturated heterocycles. The summed E-state index contributed by atoms with van der Waals surface area (Å²) in [6.45, 7) is 4.69. The number of aromatic carboxylic acids is 1. The summed E-state index contributed by atoms with van der Waals surface area (Å²) in [6.07, 6.45) is 0. The van der Waals surface area contributed by atoms with Gasteiger partial charge in [0.15, 0.2) is 11.6 Å². The molecule has 16 heavy (non-hydrogen) atoms. The van der Waals surface area contributed by atoms with Crippen LogP contribution in [0.3, 0.4) is 0 Å². The largest absolute Gasteiger partial charge is 0.478 e. The standard InChI is InChI=1S/C11H13F2NO2/c1-3-14(4-2)10-6-9(13)8(12)5-7(10)11(15)16/h5-6H,3-4H2,1-2H3,(H,15,16). The Balaban J connectivity index is 3.34. The van der Waals surface area contributed by atoms with Gasteiger partial charge < -0.3 is 10.0 Å². The van der Waals surface area contributed by atoms with E-state index in [2.05, 4.69) is 0 Å². The summed E-state index contributed by atoms with van der Waals surface area (Å²) >= 11 is 0. The van der Waals surface area contributed by atoms with Crippen molar-refractivity contribution in [1.82, 2.24) is 0 Å². The fraction of sp³-hybridized carbons (Fsp3) is 0.364. The first-order chi connectivity index (χ1) is 7.51. The Morgan fingerprint density at radius 2 is 1.75 bits per heavy atom. The Labute approximate surface area is 92.3 Å². The molecule has 5 heteroatoms. The van der Waals surface area contributed by atoms with Crippen molar-refractivity contribution < 1.29 is 18.7 Å². The van der Waals surface area contributed by atoms with Gasteiger partial charge in [-0.25, -0.2) is 13.6 Å². The lowest BCUT2D eigenvalue weighted by atomic mass is 10.1. The van der Waals surface area contributed by atoms with Crippen molar-refractivity contribution >= 4 is 11.7 Å². The van der Waals surface area contributed by atoms with Crippen LogP contribution in [0, 0.1) is 11.6 Å². The smallest absolute Gasteiger partial charge is 0.337 e. The lowest BCUT2D eigenvalue weighted by molar-refractivity contribution is 0.0697. The van der Waals surface area contributed by atoms with E-state index >= 15 is 0 Å². The number of benzene rings is 1. The highest BCUT2D eigenvalue weighted by atomic mass is 19.2. The third-order valence-corrected chi connectivity index (χ3v) is 2.37. The topological polar surface area (TPSA) is 40.5 Å². The van der Waals surface area contributed by atoms with Crippen molar-refractivity contribution in [3.05, 3.63) is 29.3 Å². The first-order valence-electron chi connectivity index (χ1n) is 4.98. The third kappa shape index (κ3) is 2.29. The molecule has 0 aliphatic rings. The van der Waals surface area contributed by atoms with E-state index in [0.29, 0.717) is 19.2 Å². The van der Waals surface area contributed by atoms with Crippen LogP contribution in [-0.4, -0.2) is 24.2 Å². The maximum absolute atomic E-state index is 13.1. The van der Waals surface area contributed by atoms with Gasteiger partial charge in [0.25, 0.3) is 0 Å². The van der Waals surface area contributed by atoms with Gasteiger partial charge in [0.1, 0.15) is 0 Å². The van der Waals surface area contributed by atoms with E-state index in [-0.39, 0.29) is 11.3 Å². The highest BCUT2D eigenvalue weighted by Crippen LogP contribution is 2.23. The minimum Gasteiger partial charge on any atom is -0.478 e. The van der Waals surface area contributed by atoms with Gasteiger partial charge in [-0.15, -0.1) is 0 Å². The minimum absolute atomic E-state index is 0.205. The van der Waals surface area contributed by atoms with Crippen LogP contribution >= 0.6 is 0 Å². The van der Waals surface area contributed by atoms with Gasteiger partial charge in [0.2, 0.25) is 0 Å². The number of hydrogen-bond acceptors (Lipinski definition) is 2. The molecule has 0 aromatic heterocycles. The van der Waals surface area contributed by atoms with Crippen LogP contribution < -0.4 is 4.90 Å². The normalized spacial score (nSPS) is 10.2. The maximum Gasteiger partial charge on any atom is 0.337 e. The predicted octanol–water partition coefficient (Wildman–Crippen LogP) is 2.51. The molecule has 1 aromatic rings. The Kier molecular flexibility index (Phi) is 3.82. The number of carboxylic acids is 1. The van der Waals surface area contributed by atoms with Gasteiger partial charge in [-0.3, -0.25) is 0 Å². The monoisotopic (exact) mass is 229 g/mol. The molecule has 0 atom stereocenters. The molecule has 0 spiro atoms. The van der Waals surface area contributed by atoms with Crippen LogP contribution in [0.15, 0.2) is 12.1 Å². The van der Waals surface area contributed by atoms with Gasteiger partial charge in [-0.2, -0.15) is 0 Å². The number of nitrogens with zero attached hydrogens (tertiary/aromatic N) is 1. The zero-order valence-electron chi connectivity index (χ0n) is 9.13. The number of rotatable bonds is 4. The molecular formula is C11H13F2NO2. The Morgan fingerprint density at radius 3 is 2.19 bits per heavy atom. The number of carbonyl (C=O) groups is 1. The van der Waals surface area contributed by atoms with Crippen LogP contribution in [0.1, 0.15) is 24.2 Å². The second-order valence-corrected chi connectivity index (χ2v) is 3.26. The molecule has 0 amide bonds. The van der Waals surface area contributed by atoms with Gasteiger partial charge >= 0.3 is 5.97 Å². The summed E-state index contributed by atoms with van der Waals surface area (Å²) in [7, 11) is 0. The van der Waals surface area contributed by atoms with E-state index in [1.165, 1.54) is 0 Å². The second-order valence-electron chi connectivity index (χ2n) is 3.26. The molecule has 0 aliphatic heterocycles. The van der Waals surface area contributed by atoms with E-state index in [4.69, 9.17) is 5.11 Å². The van der Waals surface area contributed by atoms with Crippen LogP contribution in [0.25, 0.3) is 0 Å². The summed E-state index contributed by atoms with van der Waals surface area (Å²) in [5.41, 5.74) is -0.0148. The third-order valence-electron chi connectivity index (χ3n) is 2.37. The van der Waals surface area contributed by atoms with Crippen molar-refractivity contribution in [1.29, 1.82) is 0 Å². The SMILES string of the molecule is CCN(CC)c1cc(F)c(F)cc1C(=O)O. The summed E-state index contributed by atoms with van der Waals surface area (Å²) in [5, 5.41) is 8.91. The van der Waals surface area contributed by atoms with Crippen molar-refractivity contribution in [3.63, 3.8) is 0 Å². The average molecular weight is 229 g/mol. The molecule has 1 rings (SSSR count). The fourth-order valence-corrected chi connectivity index (χ4v) is 1.53. The van der Waals surface area contributed by atoms with E-state index in [0.717, 1.165) is 6.07 Å². The number of hydrogen-bond donors (Lipinski definition) is 1. The molecule has 0 fully saturated rings. The molecule has 0 heterocycles. The molecule has 88 valence electrons. The van der Waals surface area contributed by atoms with Crippen molar-refractivity contribution in [2.75, 3.05) is 18.0 Å². The van der Waals surface area contributed by atoms with Crippen molar-refractivity contribution in [2.45, 2.75) is 13.8 Å². The number of halogens is 2. The maximum atomic E-state index is 13.1. The first kappa shape index (κ1) is 12.4. The molecule has 1 N–H and O–H groups in total. The molecule has 0 bridgehead atoms. The number of anilines is 1. The minimum atomic E-state index is -1.26. The zero-order chi connectivity index (χ0) is 12.3. The average Bonchev–Trinajstić information content (AvgIpc) is 2.24. The van der Waals surface area contributed by atoms with Crippen LogP contribution in [-0.2, 0) is 0 Å². The second kappa shape index (κ2) is 4.92.